The fourth-order valence-electron chi connectivity index (χ4n) is 2.48. The van der Waals surface area contributed by atoms with Crippen LogP contribution in [-0.4, -0.2) is 50.4 Å². The number of hydrogen-bond donors (Lipinski definition) is 2. The molecule has 1 aliphatic heterocycles. The third-order valence-electron chi connectivity index (χ3n) is 3.49. The van der Waals surface area contributed by atoms with Gasteiger partial charge in [-0.05, 0) is 5.53 Å². The quantitative estimate of drug-likeness (QED) is 0.486. The molecule has 0 radical (unpaired) electrons. The lowest BCUT2D eigenvalue weighted by Gasteiger charge is -2.13. The zero-order valence-corrected chi connectivity index (χ0v) is 11.3. The lowest BCUT2D eigenvalue weighted by Crippen LogP contribution is -2.22. The first kappa shape index (κ1) is 13.6. The first-order chi connectivity index (χ1) is 10.3. The van der Waals surface area contributed by atoms with E-state index >= 15 is 0 Å². The van der Waals surface area contributed by atoms with E-state index < -0.39 is 12.1 Å². The van der Waals surface area contributed by atoms with Gasteiger partial charge in [-0.3, -0.25) is 4.57 Å². The van der Waals surface area contributed by atoms with Gasteiger partial charge in [-0.2, -0.15) is 0 Å². The van der Waals surface area contributed by atoms with Crippen LogP contribution in [0.3, 0.4) is 0 Å². The van der Waals surface area contributed by atoms with Gasteiger partial charge in [-0.15, -0.1) is 0 Å². The first-order valence-electron chi connectivity index (χ1n) is 6.44. The van der Waals surface area contributed by atoms with Gasteiger partial charge in [0.25, 0.3) is 0 Å². The van der Waals surface area contributed by atoms with Crippen molar-refractivity contribution in [3.05, 3.63) is 23.1 Å². The molecule has 2 N–H and O–H groups in total. The minimum Gasteiger partial charge on any atom is -0.394 e. The Morgan fingerprint density at radius 3 is 3.14 bits per heavy atom. The molecule has 110 valence electrons. The summed E-state index contributed by atoms with van der Waals surface area (Å²) in [5, 5.41) is 15.9. The number of hydrogen-bond acceptors (Lipinski definition) is 7. The van der Waals surface area contributed by atoms with Gasteiger partial charge >= 0.3 is 0 Å². The minimum atomic E-state index is -0.519. The Balaban J connectivity index is 1.96. The van der Waals surface area contributed by atoms with Gasteiger partial charge in [0.2, 0.25) is 0 Å². The van der Waals surface area contributed by atoms with Crippen molar-refractivity contribution in [2.24, 2.45) is 5.11 Å². The van der Waals surface area contributed by atoms with Gasteiger partial charge in [0.1, 0.15) is 18.1 Å². The summed E-state index contributed by atoms with van der Waals surface area (Å²) < 4.78 is 7.49. The molecule has 3 atom stereocenters. The average molecular weight is 290 g/mol. The summed E-state index contributed by atoms with van der Waals surface area (Å²) >= 11 is 0. The molecule has 1 aliphatic rings. The number of nitrogens with zero attached hydrogens (tertiary/aromatic N) is 7. The van der Waals surface area contributed by atoms with Crippen molar-refractivity contribution in [1.29, 1.82) is 0 Å². The van der Waals surface area contributed by atoms with Crippen molar-refractivity contribution < 1.29 is 9.84 Å². The van der Waals surface area contributed by atoms with E-state index in [2.05, 4.69) is 30.3 Å². The number of aliphatic hydroxyl groups excluding tert-OH is 1. The van der Waals surface area contributed by atoms with Crippen LogP contribution in [-0.2, 0) is 4.74 Å². The number of aliphatic hydroxyl groups is 1. The van der Waals surface area contributed by atoms with E-state index in [0.29, 0.717) is 23.4 Å². The van der Waals surface area contributed by atoms with E-state index in [4.69, 9.17) is 10.3 Å². The molecule has 10 heteroatoms. The maximum atomic E-state index is 9.31. The number of aromatic nitrogens is 4. The van der Waals surface area contributed by atoms with Crippen molar-refractivity contribution >= 4 is 17.0 Å². The van der Waals surface area contributed by atoms with Gasteiger partial charge < -0.3 is 15.2 Å². The zero-order valence-electron chi connectivity index (χ0n) is 11.3. The third kappa shape index (κ3) is 2.25. The van der Waals surface area contributed by atoms with Crippen LogP contribution in [0, 0.1) is 0 Å². The molecule has 0 saturated carbocycles. The smallest absolute Gasteiger partial charge is 0.167 e. The second-order valence-corrected chi connectivity index (χ2v) is 4.62. The Kier molecular flexibility index (Phi) is 3.57. The molecule has 2 aromatic heterocycles. The van der Waals surface area contributed by atoms with Crippen LogP contribution in [0.15, 0.2) is 17.8 Å². The Morgan fingerprint density at radius 2 is 2.43 bits per heavy atom. The van der Waals surface area contributed by atoms with E-state index in [1.54, 1.807) is 17.9 Å². The average Bonchev–Trinajstić information content (AvgIpc) is 3.10. The molecule has 0 bridgehead atoms. The summed E-state index contributed by atoms with van der Waals surface area (Å²) in [4.78, 5) is 15.4. The molecule has 3 heterocycles. The fraction of sp³-hybridized carbons (Fsp3) is 0.545. The fourth-order valence-corrected chi connectivity index (χ4v) is 2.48. The summed E-state index contributed by atoms with van der Waals surface area (Å²) in [7, 11) is 1.76. The van der Waals surface area contributed by atoms with Crippen LogP contribution in [0.5, 0.6) is 0 Å². The van der Waals surface area contributed by atoms with Crippen LogP contribution in [0.2, 0.25) is 0 Å². The molecule has 0 unspecified atom stereocenters. The second kappa shape index (κ2) is 5.52. The number of ether oxygens (including phenoxy) is 1. The Labute approximate surface area is 119 Å². The highest BCUT2D eigenvalue weighted by Gasteiger charge is 2.36. The molecule has 3 rings (SSSR count). The number of imidazole rings is 1. The largest absolute Gasteiger partial charge is 0.394 e. The first-order valence-corrected chi connectivity index (χ1v) is 6.44. The third-order valence-corrected chi connectivity index (χ3v) is 3.49. The van der Waals surface area contributed by atoms with Crippen molar-refractivity contribution in [2.45, 2.75) is 24.8 Å². The molecule has 0 aliphatic carbocycles. The number of azide groups is 1. The summed E-state index contributed by atoms with van der Waals surface area (Å²) in [6.07, 6.45) is 2.60. The lowest BCUT2D eigenvalue weighted by atomic mass is 10.1. The van der Waals surface area contributed by atoms with Crippen LogP contribution >= 0.6 is 0 Å². The lowest BCUT2D eigenvalue weighted by molar-refractivity contribution is -0.0233. The molecule has 1 fully saturated rings. The molecule has 0 amide bonds. The van der Waals surface area contributed by atoms with Crippen molar-refractivity contribution in [1.82, 2.24) is 19.5 Å². The molecule has 1 saturated heterocycles. The van der Waals surface area contributed by atoms with Gasteiger partial charge in [0.05, 0.1) is 25.1 Å². The van der Waals surface area contributed by atoms with Gasteiger partial charge in [-0.25, -0.2) is 15.0 Å². The Hall–Kier alpha value is -2.42. The standard InChI is InChI=1S/C11H14N8O2/c1-13-10-9-11(15-4-14-10)19(5-16-9)8-2-6(17-18-12)7(3-20)21-8/h4-8,20H,2-3H2,1H3,(H,13,14,15)/t6-,7+,8+/m1/s1. The molecular weight excluding hydrogens is 276 g/mol. The highest BCUT2D eigenvalue weighted by atomic mass is 16.5. The second-order valence-electron chi connectivity index (χ2n) is 4.62. The van der Waals surface area contributed by atoms with E-state index in [1.807, 2.05) is 0 Å². The highest BCUT2D eigenvalue weighted by molar-refractivity contribution is 5.82. The van der Waals surface area contributed by atoms with Crippen LogP contribution in [0.4, 0.5) is 5.82 Å². The number of anilines is 1. The van der Waals surface area contributed by atoms with Gasteiger partial charge in [-0.1, -0.05) is 5.11 Å². The predicted octanol–water partition coefficient (Wildman–Crippen LogP) is 0.827. The van der Waals surface area contributed by atoms with Crippen molar-refractivity contribution in [3.63, 3.8) is 0 Å². The van der Waals surface area contributed by atoms with Crippen molar-refractivity contribution in [3.8, 4) is 0 Å². The van der Waals surface area contributed by atoms with E-state index in [1.165, 1.54) is 6.33 Å². The Morgan fingerprint density at radius 1 is 1.57 bits per heavy atom. The highest BCUT2D eigenvalue weighted by Crippen LogP contribution is 2.33. The summed E-state index contributed by atoms with van der Waals surface area (Å²) in [6.45, 7) is -0.205. The van der Waals surface area contributed by atoms with E-state index in [-0.39, 0.29) is 12.8 Å². The molecule has 2 aromatic rings. The molecule has 10 nitrogen and oxygen atoms in total. The summed E-state index contributed by atoms with van der Waals surface area (Å²) in [6, 6.07) is -0.409. The number of nitrogens with one attached hydrogen (secondary N) is 1. The van der Waals surface area contributed by atoms with Crippen LogP contribution in [0.25, 0.3) is 21.6 Å². The van der Waals surface area contributed by atoms with Gasteiger partial charge in [0.15, 0.2) is 11.5 Å². The summed E-state index contributed by atoms with van der Waals surface area (Å²) in [5.41, 5.74) is 9.83. The van der Waals surface area contributed by atoms with E-state index in [9.17, 15) is 5.11 Å². The monoisotopic (exact) mass is 290 g/mol. The summed E-state index contributed by atoms with van der Waals surface area (Å²) in [5.74, 6) is 0.627. The van der Waals surface area contributed by atoms with E-state index in [0.717, 1.165) is 0 Å². The van der Waals surface area contributed by atoms with Gasteiger partial charge in [0, 0.05) is 18.4 Å². The number of fused-ring (bicyclic) bond motifs is 1. The maximum absolute atomic E-state index is 9.31. The zero-order chi connectivity index (χ0) is 14.8. The number of rotatable bonds is 4. The molecule has 21 heavy (non-hydrogen) atoms. The molecule has 0 spiro atoms. The van der Waals surface area contributed by atoms with Crippen LogP contribution < -0.4 is 5.32 Å². The molecular formula is C11H14N8O2. The topological polar surface area (TPSA) is 134 Å². The minimum absolute atomic E-state index is 0.205. The Bertz CT molecular complexity index is 695. The maximum Gasteiger partial charge on any atom is 0.167 e. The van der Waals surface area contributed by atoms with Crippen molar-refractivity contribution in [2.75, 3.05) is 19.0 Å². The molecule has 0 aromatic carbocycles. The SMILES string of the molecule is CNc1ncnc2c1ncn2[C@@H]1C[C@@H](N=[N+]=[N-])[C@H](CO)O1. The van der Waals surface area contributed by atoms with Crippen LogP contribution in [0.1, 0.15) is 12.6 Å². The predicted molar refractivity (Wildman–Crippen MR) is 73.4 cm³/mol. The normalized spacial score (nSPS) is 25.0.